The summed E-state index contributed by atoms with van der Waals surface area (Å²) < 4.78 is 10.7. The molecule has 0 aliphatic carbocycles. The van der Waals surface area contributed by atoms with E-state index in [1.807, 2.05) is 0 Å². The number of rotatable bonds is 3. The molecule has 82 valence electrons. The van der Waals surface area contributed by atoms with Gasteiger partial charge in [0, 0.05) is 6.54 Å². The van der Waals surface area contributed by atoms with Gasteiger partial charge < -0.3 is 14.8 Å². The number of hydrogen-bond donors (Lipinski definition) is 1. The fourth-order valence-electron chi connectivity index (χ4n) is 1.59. The third-order valence-electron chi connectivity index (χ3n) is 2.37. The monoisotopic (exact) mass is 209 g/mol. The summed E-state index contributed by atoms with van der Waals surface area (Å²) in [6, 6.07) is 1.70. The van der Waals surface area contributed by atoms with E-state index in [0.717, 1.165) is 25.9 Å². The second-order valence-electron chi connectivity index (χ2n) is 3.48. The summed E-state index contributed by atoms with van der Waals surface area (Å²) in [5.74, 6) is 1.11. The van der Waals surface area contributed by atoms with Crippen molar-refractivity contribution in [2.45, 2.75) is 18.9 Å². The van der Waals surface area contributed by atoms with Gasteiger partial charge in [-0.05, 0) is 19.4 Å². The van der Waals surface area contributed by atoms with Crippen molar-refractivity contribution < 1.29 is 9.47 Å². The number of aromatic nitrogens is 2. The Morgan fingerprint density at radius 1 is 1.40 bits per heavy atom. The van der Waals surface area contributed by atoms with E-state index in [1.165, 1.54) is 6.33 Å². The first-order valence-electron chi connectivity index (χ1n) is 5.12. The number of nitrogens with one attached hydrogen (secondary N) is 1. The highest BCUT2D eigenvalue weighted by Crippen LogP contribution is 2.16. The Hall–Kier alpha value is -1.36. The van der Waals surface area contributed by atoms with Crippen LogP contribution in [0.5, 0.6) is 11.8 Å². The summed E-state index contributed by atoms with van der Waals surface area (Å²) in [5, 5.41) is 3.28. The summed E-state index contributed by atoms with van der Waals surface area (Å²) in [6.45, 7) is 1.96. The van der Waals surface area contributed by atoms with Gasteiger partial charge in [0.2, 0.25) is 11.8 Å². The van der Waals surface area contributed by atoms with Gasteiger partial charge in [-0.2, -0.15) is 0 Å². The maximum absolute atomic E-state index is 5.70. The van der Waals surface area contributed by atoms with Gasteiger partial charge in [-0.15, -0.1) is 0 Å². The molecule has 1 aromatic rings. The molecule has 5 heteroatoms. The molecular formula is C10H15N3O2. The predicted molar refractivity (Wildman–Crippen MR) is 55.1 cm³/mol. The molecule has 2 heterocycles. The van der Waals surface area contributed by atoms with Crippen molar-refractivity contribution in [3.8, 4) is 11.8 Å². The smallest absolute Gasteiger partial charge is 0.220 e. The maximum Gasteiger partial charge on any atom is 0.220 e. The van der Waals surface area contributed by atoms with Crippen LogP contribution in [0.3, 0.4) is 0 Å². The zero-order valence-corrected chi connectivity index (χ0v) is 8.77. The van der Waals surface area contributed by atoms with Crippen LogP contribution in [0.4, 0.5) is 0 Å². The van der Waals surface area contributed by atoms with E-state index in [0.29, 0.717) is 11.8 Å². The highest BCUT2D eigenvalue weighted by Gasteiger charge is 2.15. The van der Waals surface area contributed by atoms with Crippen molar-refractivity contribution in [3.05, 3.63) is 12.4 Å². The molecule has 0 bridgehead atoms. The van der Waals surface area contributed by atoms with Crippen LogP contribution in [0.2, 0.25) is 0 Å². The number of methoxy groups -OCH3 is 1. The summed E-state index contributed by atoms with van der Waals surface area (Å²) in [7, 11) is 1.58. The molecule has 1 atom stereocenters. The normalized spacial score (nSPS) is 21.0. The largest absolute Gasteiger partial charge is 0.481 e. The molecule has 1 fully saturated rings. The van der Waals surface area contributed by atoms with E-state index in [2.05, 4.69) is 15.3 Å². The molecule has 1 aliphatic heterocycles. The lowest BCUT2D eigenvalue weighted by Crippen LogP contribution is -2.37. The van der Waals surface area contributed by atoms with Crippen LogP contribution in [0.25, 0.3) is 0 Å². The molecule has 0 spiro atoms. The Morgan fingerprint density at radius 3 is 3.00 bits per heavy atom. The van der Waals surface area contributed by atoms with Crippen molar-refractivity contribution in [1.82, 2.24) is 15.3 Å². The van der Waals surface area contributed by atoms with Crippen molar-refractivity contribution in [1.29, 1.82) is 0 Å². The molecule has 2 rings (SSSR count). The zero-order chi connectivity index (χ0) is 10.5. The maximum atomic E-state index is 5.70. The quantitative estimate of drug-likeness (QED) is 0.790. The molecule has 1 aromatic heterocycles. The molecule has 5 nitrogen and oxygen atoms in total. The molecule has 0 aromatic carbocycles. The second kappa shape index (κ2) is 4.93. The van der Waals surface area contributed by atoms with Crippen molar-refractivity contribution in [3.63, 3.8) is 0 Å². The molecule has 0 amide bonds. The fourth-order valence-corrected chi connectivity index (χ4v) is 1.59. The third-order valence-corrected chi connectivity index (χ3v) is 2.37. The van der Waals surface area contributed by atoms with Crippen LogP contribution in [-0.2, 0) is 0 Å². The fraction of sp³-hybridized carbons (Fsp3) is 0.600. The summed E-state index contributed by atoms with van der Waals surface area (Å²) in [5.41, 5.74) is 0. The highest BCUT2D eigenvalue weighted by molar-refractivity contribution is 5.18. The van der Waals surface area contributed by atoms with Gasteiger partial charge in [0.25, 0.3) is 0 Å². The van der Waals surface area contributed by atoms with Gasteiger partial charge >= 0.3 is 0 Å². The van der Waals surface area contributed by atoms with Crippen LogP contribution < -0.4 is 14.8 Å². The highest BCUT2D eigenvalue weighted by atomic mass is 16.5. The van der Waals surface area contributed by atoms with E-state index in [4.69, 9.17) is 9.47 Å². The van der Waals surface area contributed by atoms with Crippen molar-refractivity contribution >= 4 is 0 Å². The topological polar surface area (TPSA) is 56.3 Å². The van der Waals surface area contributed by atoms with Crippen LogP contribution in [0, 0.1) is 0 Å². The minimum Gasteiger partial charge on any atom is -0.481 e. The number of piperidine rings is 1. The summed E-state index contributed by atoms with van der Waals surface area (Å²) in [6.07, 6.45) is 3.87. The molecule has 0 unspecified atom stereocenters. The first-order chi connectivity index (χ1) is 7.38. The predicted octanol–water partition coefficient (Wildman–Crippen LogP) is 0.616. The van der Waals surface area contributed by atoms with E-state index < -0.39 is 0 Å². The average molecular weight is 209 g/mol. The summed E-state index contributed by atoms with van der Waals surface area (Å²) in [4.78, 5) is 7.96. The van der Waals surface area contributed by atoms with Crippen molar-refractivity contribution in [2.24, 2.45) is 0 Å². The molecule has 15 heavy (non-hydrogen) atoms. The Balaban J connectivity index is 1.96. The van der Waals surface area contributed by atoms with E-state index in [-0.39, 0.29) is 6.10 Å². The van der Waals surface area contributed by atoms with Crippen LogP contribution >= 0.6 is 0 Å². The molecule has 0 radical (unpaired) electrons. The first kappa shape index (κ1) is 10.2. The van der Waals surface area contributed by atoms with Gasteiger partial charge in [0.15, 0.2) is 0 Å². The van der Waals surface area contributed by atoms with E-state index in [9.17, 15) is 0 Å². The second-order valence-corrected chi connectivity index (χ2v) is 3.48. The summed E-state index contributed by atoms with van der Waals surface area (Å²) >= 11 is 0. The Bertz CT molecular complexity index is 313. The minimum atomic E-state index is 0.207. The number of ether oxygens (including phenoxy) is 2. The van der Waals surface area contributed by atoms with Crippen molar-refractivity contribution in [2.75, 3.05) is 20.2 Å². The average Bonchev–Trinajstić information content (AvgIpc) is 2.31. The lowest BCUT2D eigenvalue weighted by Gasteiger charge is -2.23. The van der Waals surface area contributed by atoms with Gasteiger partial charge in [0.1, 0.15) is 12.4 Å². The van der Waals surface area contributed by atoms with Gasteiger partial charge in [-0.3, -0.25) is 0 Å². The third kappa shape index (κ3) is 2.79. The number of hydrogen-bond acceptors (Lipinski definition) is 5. The molecule has 1 aliphatic rings. The molecular weight excluding hydrogens is 194 g/mol. The SMILES string of the molecule is COc1cc(O[C@H]2CCCNC2)ncn1. The Labute approximate surface area is 88.8 Å². The van der Waals surface area contributed by atoms with E-state index in [1.54, 1.807) is 13.2 Å². The first-order valence-corrected chi connectivity index (χ1v) is 5.12. The Morgan fingerprint density at radius 2 is 2.27 bits per heavy atom. The van der Waals surface area contributed by atoms with E-state index >= 15 is 0 Å². The van der Waals surface area contributed by atoms with Crippen LogP contribution in [-0.4, -0.2) is 36.3 Å². The molecule has 0 saturated carbocycles. The van der Waals surface area contributed by atoms with Crippen LogP contribution in [0.15, 0.2) is 12.4 Å². The molecule has 1 saturated heterocycles. The lowest BCUT2D eigenvalue weighted by molar-refractivity contribution is 0.159. The van der Waals surface area contributed by atoms with Gasteiger partial charge in [0.05, 0.1) is 13.2 Å². The minimum absolute atomic E-state index is 0.207. The van der Waals surface area contributed by atoms with Crippen LogP contribution in [0.1, 0.15) is 12.8 Å². The van der Waals surface area contributed by atoms with Gasteiger partial charge in [-0.1, -0.05) is 0 Å². The molecule has 1 N–H and O–H groups in total. The number of nitrogens with zero attached hydrogens (tertiary/aromatic N) is 2. The standard InChI is InChI=1S/C10H15N3O2/c1-14-9-5-10(13-7-12-9)15-8-3-2-4-11-6-8/h5,7-8,11H,2-4,6H2,1H3/t8-/m0/s1. The Kier molecular flexibility index (Phi) is 3.34. The zero-order valence-electron chi connectivity index (χ0n) is 8.77. The lowest BCUT2D eigenvalue weighted by atomic mass is 10.1. The van der Waals surface area contributed by atoms with Gasteiger partial charge in [-0.25, -0.2) is 9.97 Å².